The first-order valence-electron chi connectivity index (χ1n) is 9.20. The first-order valence-corrected chi connectivity index (χ1v) is 9.97. The average molecular weight is 360 g/mol. The average Bonchev–Trinajstić information content (AvgIpc) is 2.60. The highest BCUT2D eigenvalue weighted by Crippen LogP contribution is 2.30. The molecule has 0 bridgehead atoms. The van der Waals surface area contributed by atoms with Gasteiger partial charge in [-0.3, -0.25) is 9.52 Å². The van der Waals surface area contributed by atoms with Crippen LogP contribution in [0.2, 0.25) is 0 Å². The molecular formula is C20H29N3OS. The molecular weight excluding hydrogens is 330 g/mol. The van der Waals surface area contributed by atoms with Crippen molar-refractivity contribution in [2.24, 2.45) is 0 Å². The molecule has 4 nitrogen and oxygen atoms in total. The van der Waals surface area contributed by atoms with Gasteiger partial charge in [0.05, 0.1) is 18.1 Å². The van der Waals surface area contributed by atoms with Crippen LogP contribution in [0.15, 0.2) is 12.1 Å². The van der Waals surface area contributed by atoms with Crippen LogP contribution in [0.3, 0.4) is 0 Å². The maximum Gasteiger partial charge on any atom is 0.235 e. The number of piperidine rings is 1. The fraction of sp³-hybridized carbons (Fsp3) is 0.600. The van der Waals surface area contributed by atoms with Crippen molar-refractivity contribution < 1.29 is 4.79 Å². The van der Waals surface area contributed by atoms with Crippen LogP contribution in [0.4, 0.5) is 0 Å². The summed E-state index contributed by atoms with van der Waals surface area (Å²) in [7, 11) is 0. The Kier molecular flexibility index (Phi) is 7.34. The van der Waals surface area contributed by atoms with Crippen LogP contribution >= 0.6 is 12.1 Å². The number of hydrogen-bond acceptors (Lipinski definition) is 4. The Labute approximate surface area is 156 Å². The minimum atomic E-state index is 0.0316. The van der Waals surface area contributed by atoms with E-state index in [0.717, 1.165) is 29.8 Å². The van der Waals surface area contributed by atoms with E-state index >= 15 is 0 Å². The van der Waals surface area contributed by atoms with Crippen LogP contribution in [0, 0.1) is 11.3 Å². The first-order chi connectivity index (χ1) is 11.9. The van der Waals surface area contributed by atoms with Gasteiger partial charge in [-0.25, -0.2) is 4.31 Å². The highest BCUT2D eigenvalue weighted by molar-refractivity contribution is 7.95. The first kappa shape index (κ1) is 19.8. The largest absolute Gasteiger partial charge is 0.287 e. The lowest BCUT2D eigenvalue weighted by atomic mass is 9.85. The molecule has 1 aliphatic rings. The summed E-state index contributed by atoms with van der Waals surface area (Å²) in [5.41, 5.74) is 3.99. The summed E-state index contributed by atoms with van der Waals surface area (Å²) in [6.45, 7) is 10.5. The number of nitrogens with zero attached hydrogens (tertiary/aromatic N) is 2. The molecule has 1 amide bonds. The molecule has 0 radical (unpaired) electrons. The molecule has 0 unspecified atom stereocenters. The Hall–Kier alpha value is -1.51. The summed E-state index contributed by atoms with van der Waals surface area (Å²) in [6, 6.07) is 6.14. The minimum Gasteiger partial charge on any atom is -0.287 e. The van der Waals surface area contributed by atoms with Gasteiger partial charge in [-0.1, -0.05) is 34.1 Å². The lowest BCUT2D eigenvalue weighted by molar-refractivity contribution is -0.118. The zero-order valence-corrected chi connectivity index (χ0v) is 16.6. The molecule has 5 heteroatoms. The van der Waals surface area contributed by atoms with Gasteiger partial charge in [0.25, 0.3) is 0 Å². The predicted molar refractivity (Wildman–Crippen MR) is 104 cm³/mol. The SMILES string of the molecule is CC(C)c1cc(C#N)cc(C(C)C)c1CC(=O)NSN1CCCCC1. The normalized spacial score (nSPS) is 15.4. The summed E-state index contributed by atoms with van der Waals surface area (Å²) < 4.78 is 5.23. The third kappa shape index (κ3) is 5.49. The predicted octanol–water partition coefficient (Wildman–Crippen LogP) is 4.51. The molecule has 0 saturated carbocycles. The van der Waals surface area contributed by atoms with Gasteiger partial charge < -0.3 is 0 Å². The second-order valence-electron chi connectivity index (χ2n) is 7.34. The van der Waals surface area contributed by atoms with E-state index in [9.17, 15) is 10.1 Å². The van der Waals surface area contributed by atoms with E-state index < -0.39 is 0 Å². The van der Waals surface area contributed by atoms with Crippen molar-refractivity contribution in [2.45, 2.75) is 65.2 Å². The minimum absolute atomic E-state index is 0.0316. The number of rotatable bonds is 6. The Bertz CT molecular complexity index is 614. The van der Waals surface area contributed by atoms with Crippen LogP contribution in [-0.2, 0) is 11.2 Å². The fourth-order valence-corrected chi connectivity index (χ4v) is 4.03. The summed E-state index contributed by atoms with van der Waals surface area (Å²) in [5, 5.41) is 9.31. The molecule has 1 heterocycles. The van der Waals surface area contributed by atoms with Crippen molar-refractivity contribution >= 4 is 18.0 Å². The maximum absolute atomic E-state index is 12.5. The topological polar surface area (TPSA) is 56.1 Å². The molecule has 0 aliphatic carbocycles. The third-order valence-corrected chi connectivity index (χ3v) is 5.58. The van der Waals surface area contributed by atoms with E-state index in [1.807, 2.05) is 12.1 Å². The molecule has 0 atom stereocenters. The second-order valence-corrected chi connectivity index (χ2v) is 8.24. The van der Waals surface area contributed by atoms with E-state index in [1.54, 1.807) is 0 Å². The standard InChI is InChI=1S/C20H29N3OS/c1-14(2)17-10-16(13-21)11-18(15(3)4)19(17)12-20(24)22-25-23-8-6-5-7-9-23/h10-11,14-15H,5-9,12H2,1-4H3,(H,22,24). The van der Waals surface area contributed by atoms with Crippen molar-refractivity contribution in [3.8, 4) is 6.07 Å². The molecule has 25 heavy (non-hydrogen) atoms. The number of carbonyl (C=O) groups excluding carboxylic acids is 1. The molecule has 1 aromatic rings. The molecule has 1 N–H and O–H groups in total. The third-order valence-electron chi connectivity index (χ3n) is 4.63. The van der Waals surface area contributed by atoms with Gasteiger partial charge in [0.1, 0.15) is 0 Å². The van der Waals surface area contributed by atoms with E-state index in [2.05, 4.69) is 42.8 Å². The molecule has 1 aromatic carbocycles. The van der Waals surface area contributed by atoms with E-state index in [1.165, 1.54) is 31.4 Å². The van der Waals surface area contributed by atoms with Gasteiger partial charge >= 0.3 is 0 Å². The van der Waals surface area contributed by atoms with Crippen LogP contribution in [0.25, 0.3) is 0 Å². The number of nitriles is 1. The maximum atomic E-state index is 12.5. The number of benzene rings is 1. The summed E-state index contributed by atoms with van der Waals surface area (Å²) in [6.07, 6.45) is 4.06. The molecule has 136 valence electrons. The van der Waals surface area contributed by atoms with Crippen LogP contribution in [-0.4, -0.2) is 23.3 Å². The quantitative estimate of drug-likeness (QED) is 0.759. The van der Waals surface area contributed by atoms with Crippen molar-refractivity contribution in [2.75, 3.05) is 13.1 Å². The summed E-state index contributed by atoms with van der Waals surface area (Å²) in [4.78, 5) is 12.5. The molecule has 0 aromatic heterocycles. The summed E-state index contributed by atoms with van der Waals surface area (Å²) >= 11 is 1.44. The molecule has 1 saturated heterocycles. The van der Waals surface area contributed by atoms with Crippen molar-refractivity contribution in [1.29, 1.82) is 5.26 Å². The Morgan fingerprint density at radius 1 is 1.16 bits per heavy atom. The molecule has 1 aliphatic heterocycles. The van der Waals surface area contributed by atoms with Gasteiger partial charge in [0.15, 0.2) is 0 Å². The second kappa shape index (κ2) is 9.26. The Balaban J connectivity index is 2.15. The van der Waals surface area contributed by atoms with Crippen molar-refractivity contribution in [3.63, 3.8) is 0 Å². The highest BCUT2D eigenvalue weighted by Gasteiger charge is 2.19. The summed E-state index contributed by atoms with van der Waals surface area (Å²) in [5.74, 6) is 0.593. The molecule has 1 fully saturated rings. The highest BCUT2D eigenvalue weighted by atomic mass is 32.2. The lowest BCUT2D eigenvalue weighted by Gasteiger charge is -2.25. The number of nitrogens with one attached hydrogen (secondary N) is 1. The number of hydrogen-bond donors (Lipinski definition) is 1. The van der Waals surface area contributed by atoms with Gasteiger partial charge in [-0.15, -0.1) is 0 Å². The van der Waals surface area contributed by atoms with Crippen LogP contribution in [0.5, 0.6) is 0 Å². The smallest absolute Gasteiger partial charge is 0.235 e. The van der Waals surface area contributed by atoms with E-state index in [4.69, 9.17) is 0 Å². The van der Waals surface area contributed by atoms with E-state index in [-0.39, 0.29) is 17.7 Å². The van der Waals surface area contributed by atoms with E-state index in [0.29, 0.717) is 12.0 Å². The van der Waals surface area contributed by atoms with Crippen LogP contribution in [0.1, 0.15) is 81.0 Å². The monoisotopic (exact) mass is 359 g/mol. The number of carbonyl (C=O) groups is 1. The molecule has 0 spiro atoms. The van der Waals surface area contributed by atoms with Crippen LogP contribution < -0.4 is 4.72 Å². The van der Waals surface area contributed by atoms with Crippen molar-refractivity contribution in [3.05, 3.63) is 34.4 Å². The Morgan fingerprint density at radius 2 is 1.72 bits per heavy atom. The molecule has 2 rings (SSSR count). The van der Waals surface area contributed by atoms with Gasteiger partial charge in [0, 0.05) is 25.2 Å². The lowest BCUT2D eigenvalue weighted by Crippen LogP contribution is -2.30. The van der Waals surface area contributed by atoms with Gasteiger partial charge in [-0.05, 0) is 53.5 Å². The fourth-order valence-electron chi connectivity index (χ4n) is 3.28. The van der Waals surface area contributed by atoms with Gasteiger partial charge in [-0.2, -0.15) is 5.26 Å². The van der Waals surface area contributed by atoms with Gasteiger partial charge in [0.2, 0.25) is 5.91 Å². The Morgan fingerprint density at radius 3 is 2.20 bits per heavy atom. The number of amides is 1. The van der Waals surface area contributed by atoms with Crippen molar-refractivity contribution in [1.82, 2.24) is 9.03 Å². The zero-order chi connectivity index (χ0) is 18.4. The zero-order valence-electron chi connectivity index (χ0n) is 15.8.